The highest BCUT2D eigenvalue weighted by Crippen LogP contribution is 2.20. The first-order valence-corrected chi connectivity index (χ1v) is 8.77. The molecule has 0 aromatic carbocycles. The lowest BCUT2D eigenvalue weighted by Gasteiger charge is -2.24. The van der Waals surface area contributed by atoms with Gasteiger partial charge in [0.2, 0.25) is 10.0 Å². The molecule has 1 rings (SSSR count). The van der Waals surface area contributed by atoms with Crippen LogP contribution in [0.3, 0.4) is 0 Å². The average molecular weight is 301 g/mol. The van der Waals surface area contributed by atoms with E-state index in [1.807, 2.05) is 13.8 Å². The van der Waals surface area contributed by atoms with Crippen LogP contribution in [-0.2, 0) is 16.6 Å². The van der Waals surface area contributed by atoms with Gasteiger partial charge in [0.25, 0.3) is 0 Å². The molecule has 2 N–H and O–H groups in total. The van der Waals surface area contributed by atoms with Crippen LogP contribution in [0, 0.1) is 0 Å². The molecule has 0 atom stereocenters. The number of rotatable bonds is 9. The van der Waals surface area contributed by atoms with Gasteiger partial charge in [-0.05, 0) is 31.9 Å². The molecule has 0 aliphatic carbocycles. The van der Waals surface area contributed by atoms with E-state index in [1.54, 1.807) is 19.3 Å². The maximum Gasteiger partial charge on any atom is 0.244 e. The Morgan fingerprint density at radius 3 is 2.50 bits per heavy atom. The van der Waals surface area contributed by atoms with Crippen molar-refractivity contribution in [1.82, 2.24) is 14.6 Å². The van der Waals surface area contributed by atoms with Gasteiger partial charge in [-0.2, -0.15) is 4.31 Å². The number of aromatic amines is 1. The van der Waals surface area contributed by atoms with E-state index in [9.17, 15) is 8.42 Å². The summed E-state index contributed by atoms with van der Waals surface area (Å²) in [5.41, 5.74) is 0.898. The normalized spacial score (nSPS) is 12.5. The maximum atomic E-state index is 12.5. The second kappa shape index (κ2) is 7.81. The maximum absolute atomic E-state index is 12.5. The number of sulfonamides is 1. The molecular weight excluding hydrogens is 274 g/mol. The van der Waals surface area contributed by atoms with Gasteiger partial charge in [0, 0.05) is 31.5 Å². The predicted molar refractivity (Wildman–Crippen MR) is 82.1 cm³/mol. The summed E-state index contributed by atoms with van der Waals surface area (Å²) in [5.74, 6) is 0. The van der Waals surface area contributed by atoms with Gasteiger partial charge in [-0.1, -0.05) is 20.8 Å². The molecule has 20 heavy (non-hydrogen) atoms. The molecule has 0 radical (unpaired) electrons. The van der Waals surface area contributed by atoms with Gasteiger partial charge in [0.05, 0.1) is 4.90 Å². The van der Waals surface area contributed by atoms with Crippen LogP contribution in [0.1, 0.15) is 45.7 Å². The van der Waals surface area contributed by atoms with Gasteiger partial charge in [-0.15, -0.1) is 0 Å². The average Bonchev–Trinajstić information content (AvgIpc) is 2.90. The van der Waals surface area contributed by atoms with Crippen LogP contribution in [0.5, 0.6) is 0 Å². The number of hydrogen-bond donors (Lipinski definition) is 2. The fourth-order valence-electron chi connectivity index (χ4n) is 2.24. The first-order valence-electron chi connectivity index (χ1n) is 7.33. The lowest BCUT2D eigenvalue weighted by atomic mass is 10.2. The lowest BCUT2D eigenvalue weighted by molar-refractivity contribution is 0.350. The smallest absolute Gasteiger partial charge is 0.244 e. The number of nitrogens with zero attached hydrogens (tertiary/aromatic N) is 1. The van der Waals surface area contributed by atoms with Crippen LogP contribution in [0.4, 0.5) is 0 Å². The molecule has 1 heterocycles. The molecule has 5 nitrogen and oxygen atoms in total. The molecule has 0 amide bonds. The van der Waals surface area contributed by atoms with Crippen molar-refractivity contribution in [2.75, 3.05) is 13.6 Å². The minimum absolute atomic E-state index is 0.0524. The zero-order valence-corrected chi connectivity index (χ0v) is 13.8. The standard InChI is InChI=1S/C14H27N3O2S/c1-5-8-15-10-12-9-14(11-16-12)20(18,19)17(4)13(6-2)7-3/h9,11,13,15-16H,5-8,10H2,1-4H3. The molecule has 6 heteroatoms. The molecule has 0 fully saturated rings. The Kier molecular flexibility index (Phi) is 6.71. The molecule has 0 unspecified atom stereocenters. The fraction of sp³-hybridized carbons (Fsp3) is 0.714. The molecule has 0 bridgehead atoms. The number of nitrogens with one attached hydrogen (secondary N) is 2. The number of aromatic nitrogens is 1. The van der Waals surface area contributed by atoms with Gasteiger partial charge >= 0.3 is 0 Å². The van der Waals surface area contributed by atoms with E-state index in [2.05, 4.69) is 17.2 Å². The molecule has 1 aromatic rings. The third-order valence-electron chi connectivity index (χ3n) is 3.59. The van der Waals surface area contributed by atoms with E-state index in [0.717, 1.165) is 31.5 Å². The van der Waals surface area contributed by atoms with Crippen molar-refractivity contribution >= 4 is 10.0 Å². The third-order valence-corrected chi connectivity index (χ3v) is 5.48. The second-order valence-electron chi connectivity index (χ2n) is 5.03. The van der Waals surface area contributed by atoms with Crippen LogP contribution in [0.15, 0.2) is 17.2 Å². The van der Waals surface area contributed by atoms with E-state index in [0.29, 0.717) is 11.4 Å². The Labute approximate surface area is 122 Å². The largest absolute Gasteiger partial charge is 0.363 e. The summed E-state index contributed by atoms with van der Waals surface area (Å²) >= 11 is 0. The molecule has 0 aliphatic rings. The zero-order valence-electron chi connectivity index (χ0n) is 12.9. The van der Waals surface area contributed by atoms with E-state index in [1.165, 1.54) is 4.31 Å². The van der Waals surface area contributed by atoms with Crippen molar-refractivity contribution < 1.29 is 8.42 Å². The summed E-state index contributed by atoms with van der Waals surface area (Å²) in [7, 11) is -1.74. The highest BCUT2D eigenvalue weighted by atomic mass is 32.2. The molecule has 0 spiro atoms. The zero-order chi connectivity index (χ0) is 15.2. The van der Waals surface area contributed by atoms with Crippen LogP contribution in [0.2, 0.25) is 0 Å². The SMILES string of the molecule is CCCNCc1cc(S(=O)(=O)N(C)C(CC)CC)c[nH]1. The Balaban J connectivity index is 2.82. The monoisotopic (exact) mass is 301 g/mol. The Bertz CT molecular complexity index is 492. The lowest BCUT2D eigenvalue weighted by Crippen LogP contribution is -2.36. The second-order valence-corrected chi connectivity index (χ2v) is 7.03. The van der Waals surface area contributed by atoms with Crippen LogP contribution in [0.25, 0.3) is 0 Å². The first kappa shape index (κ1) is 17.2. The molecule has 0 saturated heterocycles. The van der Waals surface area contributed by atoms with Gasteiger partial charge in [-0.25, -0.2) is 8.42 Å². The molecule has 1 aromatic heterocycles. The molecule has 116 valence electrons. The van der Waals surface area contributed by atoms with Crippen molar-refractivity contribution in [3.63, 3.8) is 0 Å². The summed E-state index contributed by atoms with van der Waals surface area (Å²) < 4.78 is 26.5. The highest BCUT2D eigenvalue weighted by molar-refractivity contribution is 7.89. The third kappa shape index (κ3) is 4.07. The quantitative estimate of drug-likeness (QED) is 0.688. The molecular formula is C14H27N3O2S. The Hall–Kier alpha value is -0.850. The Morgan fingerprint density at radius 1 is 1.30 bits per heavy atom. The van der Waals surface area contributed by atoms with Crippen LogP contribution in [-0.4, -0.2) is 37.3 Å². The minimum atomic E-state index is -3.40. The van der Waals surface area contributed by atoms with Gasteiger partial charge in [-0.3, -0.25) is 0 Å². The van der Waals surface area contributed by atoms with Crippen molar-refractivity contribution in [3.8, 4) is 0 Å². The van der Waals surface area contributed by atoms with Gasteiger partial charge < -0.3 is 10.3 Å². The van der Waals surface area contributed by atoms with Crippen molar-refractivity contribution in [3.05, 3.63) is 18.0 Å². The van der Waals surface area contributed by atoms with E-state index < -0.39 is 10.0 Å². The number of H-pyrrole nitrogens is 1. The molecule has 0 saturated carbocycles. The predicted octanol–water partition coefficient (Wildman–Crippen LogP) is 2.32. The molecule has 0 aliphatic heterocycles. The van der Waals surface area contributed by atoms with Crippen molar-refractivity contribution in [1.29, 1.82) is 0 Å². The summed E-state index contributed by atoms with van der Waals surface area (Å²) in [5, 5.41) is 3.25. The number of hydrogen-bond acceptors (Lipinski definition) is 3. The van der Waals surface area contributed by atoms with Crippen molar-refractivity contribution in [2.24, 2.45) is 0 Å². The van der Waals surface area contributed by atoms with Crippen molar-refractivity contribution in [2.45, 2.75) is 57.5 Å². The minimum Gasteiger partial charge on any atom is -0.363 e. The fourth-order valence-corrected chi connectivity index (χ4v) is 3.76. The van der Waals surface area contributed by atoms with E-state index in [4.69, 9.17) is 0 Å². The van der Waals surface area contributed by atoms with E-state index >= 15 is 0 Å². The van der Waals surface area contributed by atoms with Crippen LogP contribution >= 0.6 is 0 Å². The summed E-state index contributed by atoms with van der Waals surface area (Å²) in [6.07, 6.45) is 4.28. The van der Waals surface area contributed by atoms with Crippen LogP contribution < -0.4 is 5.32 Å². The van der Waals surface area contributed by atoms with Gasteiger partial charge in [0.1, 0.15) is 0 Å². The summed E-state index contributed by atoms with van der Waals surface area (Å²) in [6, 6.07) is 1.77. The topological polar surface area (TPSA) is 65.2 Å². The first-order chi connectivity index (χ1) is 9.47. The summed E-state index contributed by atoms with van der Waals surface area (Å²) in [6.45, 7) is 7.71. The highest BCUT2D eigenvalue weighted by Gasteiger charge is 2.26. The summed E-state index contributed by atoms with van der Waals surface area (Å²) in [4.78, 5) is 3.38. The van der Waals surface area contributed by atoms with Gasteiger partial charge in [0.15, 0.2) is 0 Å². The Morgan fingerprint density at radius 2 is 1.95 bits per heavy atom. The van der Waals surface area contributed by atoms with E-state index in [-0.39, 0.29) is 6.04 Å².